The maximum absolute atomic E-state index is 12.7. The molecule has 348 valence electrons. The number of hydrogen-bond donors (Lipinski definition) is 1. The van der Waals surface area contributed by atoms with Crippen molar-refractivity contribution < 1.29 is 37.3 Å². The van der Waals surface area contributed by atoms with Gasteiger partial charge in [-0.3, -0.25) is 13.8 Å². The van der Waals surface area contributed by atoms with E-state index in [4.69, 9.17) is 18.5 Å². The van der Waals surface area contributed by atoms with Crippen LogP contribution in [0.1, 0.15) is 219 Å². The van der Waals surface area contributed by atoms with Crippen LogP contribution in [0.25, 0.3) is 0 Å². The molecular formula is C50H97NO7P+. The second kappa shape index (κ2) is 43.4. The van der Waals surface area contributed by atoms with Crippen molar-refractivity contribution in [3.63, 3.8) is 0 Å². The largest absolute Gasteiger partial charge is 0.472 e. The van der Waals surface area contributed by atoms with E-state index in [-0.39, 0.29) is 25.8 Å². The van der Waals surface area contributed by atoms with E-state index < -0.39 is 13.9 Å². The number of carbonyl (C=O) groups excluding carboxylic acids is 1. The maximum Gasteiger partial charge on any atom is 0.472 e. The molecule has 0 saturated heterocycles. The van der Waals surface area contributed by atoms with Gasteiger partial charge in [0.15, 0.2) is 0 Å². The Hall–Kier alpha value is -1.28. The number of unbranched alkanes of at least 4 members (excludes halogenated alkanes) is 26. The molecule has 0 radical (unpaired) electrons. The fourth-order valence-electron chi connectivity index (χ4n) is 6.81. The van der Waals surface area contributed by atoms with Crippen molar-refractivity contribution in [1.82, 2.24) is 0 Å². The molecule has 1 N–H and O–H groups in total. The van der Waals surface area contributed by atoms with Gasteiger partial charge in [0, 0.05) is 13.0 Å². The smallest absolute Gasteiger partial charge is 0.457 e. The summed E-state index contributed by atoms with van der Waals surface area (Å²) in [5.41, 5.74) is 0. The van der Waals surface area contributed by atoms with Crippen LogP contribution in [0.5, 0.6) is 0 Å². The van der Waals surface area contributed by atoms with Crippen molar-refractivity contribution in [3.05, 3.63) is 36.5 Å². The van der Waals surface area contributed by atoms with Crippen LogP contribution in [-0.2, 0) is 27.9 Å². The first-order valence-corrected chi connectivity index (χ1v) is 26.2. The summed E-state index contributed by atoms with van der Waals surface area (Å²) in [7, 11) is 1.67. The molecule has 0 spiro atoms. The van der Waals surface area contributed by atoms with E-state index in [1.807, 2.05) is 21.1 Å². The summed E-state index contributed by atoms with van der Waals surface area (Å²) in [6.07, 6.45) is 51.8. The molecule has 0 aliphatic rings. The predicted molar refractivity (Wildman–Crippen MR) is 252 cm³/mol. The van der Waals surface area contributed by atoms with Crippen molar-refractivity contribution in [2.24, 2.45) is 0 Å². The minimum atomic E-state index is -4.28. The molecule has 0 saturated carbocycles. The van der Waals surface area contributed by atoms with Gasteiger partial charge in [0.05, 0.1) is 34.4 Å². The van der Waals surface area contributed by atoms with E-state index in [1.54, 1.807) is 0 Å². The number of likely N-dealkylation sites (N-methyl/N-ethyl adjacent to an activating group) is 1. The highest BCUT2D eigenvalue weighted by Crippen LogP contribution is 2.43. The van der Waals surface area contributed by atoms with Crippen LogP contribution in [0.15, 0.2) is 36.5 Å². The first-order valence-electron chi connectivity index (χ1n) is 24.7. The number of esters is 1. The second-order valence-electron chi connectivity index (χ2n) is 17.8. The van der Waals surface area contributed by atoms with Gasteiger partial charge in [-0.15, -0.1) is 0 Å². The summed E-state index contributed by atoms with van der Waals surface area (Å²) in [6.45, 7) is 5.61. The van der Waals surface area contributed by atoms with Crippen LogP contribution in [0, 0.1) is 0 Å². The highest BCUT2D eigenvalue weighted by molar-refractivity contribution is 7.47. The molecule has 0 aromatic heterocycles. The lowest BCUT2D eigenvalue weighted by atomic mass is 10.1. The summed E-state index contributed by atoms with van der Waals surface area (Å²) >= 11 is 0. The number of quaternary nitrogens is 1. The van der Waals surface area contributed by atoms with E-state index >= 15 is 0 Å². The SMILES string of the molecule is CCCCC/C=C\C/C=C\CCCCCCCCCCCCOCC(COP(=O)(O)OCC[N+](C)(C)C)OC(=O)CCCCCCCCC/C=C\CCCCCCCC. The third-order valence-electron chi connectivity index (χ3n) is 10.7. The normalized spacial score (nSPS) is 13.9. The number of carbonyl (C=O) groups is 1. The molecule has 0 bridgehead atoms. The zero-order valence-corrected chi connectivity index (χ0v) is 40.4. The van der Waals surface area contributed by atoms with Crippen molar-refractivity contribution in [1.29, 1.82) is 0 Å². The molecule has 0 aromatic rings. The second-order valence-corrected chi connectivity index (χ2v) is 19.3. The van der Waals surface area contributed by atoms with Gasteiger partial charge in [-0.25, -0.2) is 4.57 Å². The van der Waals surface area contributed by atoms with Gasteiger partial charge in [-0.05, 0) is 70.6 Å². The summed E-state index contributed by atoms with van der Waals surface area (Å²) in [5, 5.41) is 0. The Labute approximate surface area is 365 Å². The zero-order chi connectivity index (χ0) is 43.4. The lowest BCUT2D eigenvalue weighted by Gasteiger charge is -2.24. The van der Waals surface area contributed by atoms with Crippen LogP contribution in [0.3, 0.4) is 0 Å². The maximum atomic E-state index is 12.7. The van der Waals surface area contributed by atoms with Crippen LogP contribution in [0.4, 0.5) is 0 Å². The van der Waals surface area contributed by atoms with Crippen LogP contribution in [-0.4, -0.2) is 75.6 Å². The molecule has 0 rings (SSSR count). The fraction of sp³-hybridized carbons (Fsp3) is 0.860. The molecule has 0 heterocycles. The molecule has 9 heteroatoms. The van der Waals surface area contributed by atoms with Crippen molar-refractivity contribution >= 4 is 13.8 Å². The van der Waals surface area contributed by atoms with Gasteiger partial charge in [0.2, 0.25) is 0 Å². The van der Waals surface area contributed by atoms with E-state index in [1.165, 1.54) is 161 Å². The Balaban J connectivity index is 4.16. The van der Waals surface area contributed by atoms with Crippen molar-refractivity contribution in [2.75, 3.05) is 54.1 Å². The quantitative estimate of drug-likeness (QED) is 0.0214. The molecular weight excluding hydrogens is 758 g/mol. The summed E-state index contributed by atoms with van der Waals surface area (Å²) in [6, 6.07) is 0. The molecule has 0 aromatic carbocycles. The van der Waals surface area contributed by atoms with E-state index in [0.717, 1.165) is 38.5 Å². The molecule has 0 amide bonds. The van der Waals surface area contributed by atoms with E-state index in [0.29, 0.717) is 24.1 Å². The Bertz CT molecular complexity index is 1040. The number of phosphoric ester groups is 1. The number of ether oxygens (including phenoxy) is 2. The first kappa shape index (κ1) is 57.7. The molecule has 0 aliphatic heterocycles. The average Bonchev–Trinajstić information content (AvgIpc) is 3.19. The van der Waals surface area contributed by atoms with Gasteiger partial charge < -0.3 is 18.9 Å². The number of nitrogens with zero attached hydrogens (tertiary/aromatic N) is 1. The predicted octanol–water partition coefficient (Wildman–Crippen LogP) is 14.9. The van der Waals surface area contributed by atoms with Gasteiger partial charge in [0.1, 0.15) is 19.3 Å². The molecule has 0 aliphatic carbocycles. The zero-order valence-electron chi connectivity index (χ0n) is 39.5. The van der Waals surface area contributed by atoms with Gasteiger partial charge in [-0.1, -0.05) is 179 Å². The topological polar surface area (TPSA) is 91.3 Å². The van der Waals surface area contributed by atoms with Crippen molar-refractivity contribution in [2.45, 2.75) is 225 Å². The van der Waals surface area contributed by atoms with E-state index in [2.05, 4.69) is 50.3 Å². The third-order valence-corrected chi connectivity index (χ3v) is 11.7. The molecule has 2 atom stereocenters. The molecule has 0 fully saturated rings. The van der Waals surface area contributed by atoms with Gasteiger partial charge >= 0.3 is 13.8 Å². The summed E-state index contributed by atoms with van der Waals surface area (Å²) < 4.78 is 35.1. The summed E-state index contributed by atoms with van der Waals surface area (Å²) in [4.78, 5) is 23.0. The fourth-order valence-corrected chi connectivity index (χ4v) is 7.56. The average molecular weight is 855 g/mol. The van der Waals surface area contributed by atoms with Crippen molar-refractivity contribution in [3.8, 4) is 0 Å². The highest BCUT2D eigenvalue weighted by Gasteiger charge is 2.26. The number of rotatable bonds is 46. The minimum absolute atomic E-state index is 0.0875. The third kappa shape index (κ3) is 47.6. The monoisotopic (exact) mass is 855 g/mol. The Kier molecular flexibility index (Phi) is 42.4. The minimum Gasteiger partial charge on any atom is -0.457 e. The summed E-state index contributed by atoms with van der Waals surface area (Å²) in [5.74, 6) is -0.318. The standard InChI is InChI=1S/C50H96NO7P/c1-6-8-10-12-14-16-18-20-22-24-25-26-28-30-32-34-36-38-40-42-45-55-47-49(48-57-59(53,54)56-46-44-51(3,4)5)58-50(52)43-41-39-37-35-33-31-29-27-23-21-19-17-15-13-11-9-7-2/h14,16,20-23,49H,6-13,15,17-19,24-48H2,1-5H3/p+1/b16-14-,22-20-,23-21-. The van der Waals surface area contributed by atoms with Gasteiger partial charge in [-0.2, -0.15) is 0 Å². The number of hydrogen-bond acceptors (Lipinski definition) is 6. The Morgan fingerprint density at radius 1 is 0.525 bits per heavy atom. The van der Waals surface area contributed by atoms with Crippen LogP contribution in [0.2, 0.25) is 0 Å². The Morgan fingerprint density at radius 2 is 0.932 bits per heavy atom. The molecule has 2 unspecified atom stereocenters. The lowest BCUT2D eigenvalue weighted by molar-refractivity contribution is -0.870. The first-order chi connectivity index (χ1) is 28.6. The molecule has 8 nitrogen and oxygen atoms in total. The van der Waals surface area contributed by atoms with Gasteiger partial charge in [0.25, 0.3) is 0 Å². The number of phosphoric acid groups is 1. The van der Waals surface area contributed by atoms with Crippen LogP contribution >= 0.6 is 7.82 Å². The number of allylic oxidation sites excluding steroid dienone is 6. The molecule has 59 heavy (non-hydrogen) atoms. The lowest BCUT2D eigenvalue weighted by Crippen LogP contribution is -2.37. The van der Waals surface area contributed by atoms with E-state index in [9.17, 15) is 14.3 Å². The highest BCUT2D eigenvalue weighted by atomic mass is 31.2. The Morgan fingerprint density at radius 3 is 1.42 bits per heavy atom. The van der Waals surface area contributed by atoms with Crippen LogP contribution < -0.4 is 0 Å².